The zero-order chi connectivity index (χ0) is 9.68. The maximum absolute atomic E-state index is 11.5. The molecule has 1 aliphatic heterocycles. The first-order valence-corrected chi connectivity index (χ1v) is 4.85. The smallest absolute Gasteiger partial charge is 0.249 e. The van der Waals surface area contributed by atoms with Gasteiger partial charge in [-0.1, -0.05) is 6.92 Å². The number of carbonyl (C=O) groups is 1. The first-order valence-electron chi connectivity index (χ1n) is 4.85. The van der Waals surface area contributed by atoms with Gasteiger partial charge in [0, 0.05) is 13.2 Å². The van der Waals surface area contributed by atoms with Gasteiger partial charge in [0.15, 0.2) is 0 Å². The molecule has 2 unspecified atom stereocenters. The van der Waals surface area contributed by atoms with Crippen molar-refractivity contribution < 1.29 is 9.53 Å². The molecule has 1 heterocycles. The molecule has 13 heavy (non-hydrogen) atoms. The van der Waals surface area contributed by atoms with Crippen molar-refractivity contribution in [1.29, 1.82) is 0 Å². The summed E-state index contributed by atoms with van der Waals surface area (Å²) in [6, 6.07) is 0. The van der Waals surface area contributed by atoms with Gasteiger partial charge in [-0.2, -0.15) is 0 Å². The van der Waals surface area contributed by atoms with Crippen LogP contribution in [-0.2, 0) is 9.53 Å². The second-order valence-corrected chi connectivity index (χ2v) is 3.49. The Bertz CT molecular complexity index is 173. The van der Waals surface area contributed by atoms with Crippen LogP contribution in [0.15, 0.2) is 0 Å². The third-order valence-corrected chi connectivity index (χ3v) is 2.33. The van der Waals surface area contributed by atoms with E-state index in [0.717, 1.165) is 12.8 Å². The Labute approximate surface area is 78.8 Å². The van der Waals surface area contributed by atoms with E-state index in [-0.39, 0.29) is 12.0 Å². The molecule has 0 aromatic carbocycles. The van der Waals surface area contributed by atoms with E-state index in [1.54, 1.807) is 0 Å². The van der Waals surface area contributed by atoms with E-state index in [4.69, 9.17) is 10.5 Å². The Morgan fingerprint density at radius 1 is 1.69 bits per heavy atom. The lowest BCUT2D eigenvalue weighted by Crippen LogP contribution is -2.38. The fourth-order valence-corrected chi connectivity index (χ4v) is 1.44. The molecule has 1 amide bonds. The van der Waals surface area contributed by atoms with E-state index < -0.39 is 0 Å². The van der Waals surface area contributed by atoms with Gasteiger partial charge in [-0.05, 0) is 25.3 Å². The lowest BCUT2D eigenvalue weighted by atomic mass is 10.0. The number of rotatable bonds is 4. The zero-order valence-corrected chi connectivity index (χ0v) is 8.08. The molecule has 0 aromatic rings. The van der Waals surface area contributed by atoms with E-state index in [1.165, 1.54) is 0 Å². The Kier molecular flexibility index (Phi) is 4.18. The van der Waals surface area contributed by atoms with Crippen molar-refractivity contribution in [3.05, 3.63) is 0 Å². The van der Waals surface area contributed by atoms with E-state index in [2.05, 4.69) is 5.32 Å². The van der Waals surface area contributed by atoms with E-state index in [1.807, 2.05) is 6.92 Å². The highest BCUT2D eigenvalue weighted by atomic mass is 16.5. The van der Waals surface area contributed by atoms with Gasteiger partial charge in [0.05, 0.1) is 0 Å². The van der Waals surface area contributed by atoms with Crippen LogP contribution in [0.2, 0.25) is 0 Å². The minimum Gasteiger partial charge on any atom is -0.368 e. The van der Waals surface area contributed by atoms with E-state index in [9.17, 15) is 4.79 Å². The summed E-state index contributed by atoms with van der Waals surface area (Å²) in [5, 5.41) is 2.81. The number of ether oxygens (including phenoxy) is 1. The van der Waals surface area contributed by atoms with Crippen LogP contribution in [0, 0.1) is 5.92 Å². The van der Waals surface area contributed by atoms with Crippen molar-refractivity contribution in [2.24, 2.45) is 11.7 Å². The minimum atomic E-state index is -0.238. The maximum atomic E-state index is 11.5. The quantitative estimate of drug-likeness (QED) is 0.601. The zero-order valence-electron chi connectivity index (χ0n) is 8.08. The molecule has 0 aromatic heterocycles. The van der Waals surface area contributed by atoms with Crippen molar-refractivity contribution >= 4 is 5.91 Å². The predicted octanol–water partition coefficient (Wildman–Crippen LogP) is -0.124. The van der Waals surface area contributed by atoms with Gasteiger partial charge < -0.3 is 15.8 Å². The Morgan fingerprint density at radius 3 is 3.00 bits per heavy atom. The van der Waals surface area contributed by atoms with Crippen molar-refractivity contribution in [3.63, 3.8) is 0 Å². The number of amides is 1. The summed E-state index contributed by atoms with van der Waals surface area (Å²) in [4.78, 5) is 11.5. The molecule has 0 aliphatic carbocycles. The summed E-state index contributed by atoms with van der Waals surface area (Å²) in [5.74, 6) is 0.358. The second-order valence-electron chi connectivity index (χ2n) is 3.49. The molecule has 3 N–H and O–H groups in total. The molecule has 76 valence electrons. The average molecular weight is 186 g/mol. The lowest BCUT2D eigenvalue weighted by molar-refractivity contribution is -0.131. The Balaban J connectivity index is 2.22. The van der Waals surface area contributed by atoms with Crippen LogP contribution in [0.25, 0.3) is 0 Å². The lowest BCUT2D eigenvalue weighted by Gasteiger charge is -2.13. The summed E-state index contributed by atoms with van der Waals surface area (Å²) in [7, 11) is 0. The van der Waals surface area contributed by atoms with E-state index in [0.29, 0.717) is 25.6 Å². The van der Waals surface area contributed by atoms with Crippen LogP contribution in [0.4, 0.5) is 0 Å². The topological polar surface area (TPSA) is 64.3 Å². The number of hydrogen-bond acceptors (Lipinski definition) is 3. The minimum absolute atomic E-state index is 0.0125. The molecule has 1 aliphatic rings. The number of hydrogen-bond donors (Lipinski definition) is 2. The highest BCUT2D eigenvalue weighted by Gasteiger charge is 2.30. The normalized spacial score (nSPS) is 27.5. The largest absolute Gasteiger partial charge is 0.368 e. The molecule has 4 nitrogen and oxygen atoms in total. The van der Waals surface area contributed by atoms with Crippen LogP contribution >= 0.6 is 0 Å². The van der Waals surface area contributed by atoms with E-state index >= 15 is 0 Å². The van der Waals surface area contributed by atoms with Crippen LogP contribution in [-0.4, -0.2) is 31.7 Å². The molecule has 1 saturated heterocycles. The van der Waals surface area contributed by atoms with Crippen molar-refractivity contribution in [3.8, 4) is 0 Å². The first-order chi connectivity index (χ1) is 6.25. The van der Waals surface area contributed by atoms with Crippen molar-refractivity contribution in [2.75, 3.05) is 19.7 Å². The molecule has 0 bridgehead atoms. The van der Waals surface area contributed by atoms with Crippen LogP contribution in [0.1, 0.15) is 19.8 Å². The fraction of sp³-hybridized carbons (Fsp3) is 0.889. The molecular weight excluding hydrogens is 168 g/mol. The Hall–Kier alpha value is -0.610. The standard InChI is InChI=1S/C9H18N2O2/c1-7-3-6-13-8(7)9(12)11-5-2-4-10/h7-8H,2-6,10H2,1H3,(H,11,12). The molecule has 0 saturated carbocycles. The van der Waals surface area contributed by atoms with Gasteiger partial charge in [-0.25, -0.2) is 0 Å². The van der Waals surface area contributed by atoms with Crippen molar-refractivity contribution in [1.82, 2.24) is 5.32 Å². The number of nitrogens with two attached hydrogens (primary N) is 1. The van der Waals surface area contributed by atoms with Gasteiger partial charge in [0.1, 0.15) is 6.10 Å². The van der Waals surface area contributed by atoms with Crippen LogP contribution < -0.4 is 11.1 Å². The van der Waals surface area contributed by atoms with Gasteiger partial charge in [0.2, 0.25) is 5.91 Å². The molecule has 1 fully saturated rings. The summed E-state index contributed by atoms with van der Waals surface area (Å²) >= 11 is 0. The molecule has 0 spiro atoms. The molecule has 1 rings (SSSR count). The summed E-state index contributed by atoms with van der Waals surface area (Å²) in [6.45, 7) is 4.01. The summed E-state index contributed by atoms with van der Waals surface area (Å²) in [5.41, 5.74) is 5.31. The van der Waals surface area contributed by atoms with Crippen molar-refractivity contribution in [2.45, 2.75) is 25.9 Å². The average Bonchev–Trinajstić information content (AvgIpc) is 2.52. The monoisotopic (exact) mass is 186 g/mol. The fourth-order valence-electron chi connectivity index (χ4n) is 1.44. The summed E-state index contributed by atoms with van der Waals surface area (Å²) in [6.07, 6.45) is 1.57. The van der Waals surface area contributed by atoms with Gasteiger partial charge in [0.25, 0.3) is 0 Å². The van der Waals surface area contributed by atoms with Crippen LogP contribution in [0.3, 0.4) is 0 Å². The molecule has 0 radical (unpaired) electrons. The van der Waals surface area contributed by atoms with Gasteiger partial charge in [-0.15, -0.1) is 0 Å². The summed E-state index contributed by atoms with van der Waals surface area (Å²) < 4.78 is 5.31. The molecular formula is C9H18N2O2. The number of carbonyl (C=O) groups excluding carboxylic acids is 1. The first kappa shape index (κ1) is 10.5. The third kappa shape index (κ3) is 2.97. The predicted molar refractivity (Wildman–Crippen MR) is 50.2 cm³/mol. The maximum Gasteiger partial charge on any atom is 0.249 e. The SMILES string of the molecule is CC1CCOC1C(=O)NCCCN. The van der Waals surface area contributed by atoms with Crippen LogP contribution in [0.5, 0.6) is 0 Å². The molecule has 2 atom stereocenters. The van der Waals surface area contributed by atoms with Gasteiger partial charge >= 0.3 is 0 Å². The number of nitrogens with one attached hydrogen (secondary N) is 1. The second kappa shape index (κ2) is 5.19. The third-order valence-electron chi connectivity index (χ3n) is 2.33. The van der Waals surface area contributed by atoms with Gasteiger partial charge in [-0.3, -0.25) is 4.79 Å². The highest BCUT2D eigenvalue weighted by Crippen LogP contribution is 2.19. The Morgan fingerprint density at radius 2 is 2.46 bits per heavy atom. The molecule has 4 heteroatoms. The highest BCUT2D eigenvalue weighted by molar-refractivity contribution is 5.81.